The van der Waals surface area contributed by atoms with Crippen molar-refractivity contribution in [1.82, 2.24) is 10.6 Å². The monoisotopic (exact) mass is 608 g/mol. The second-order valence-corrected chi connectivity index (χ2v) is 10.5. The molecule has 8 nitrogen and oxygen atoms in total. The lowest BCUT2D eigenvalue weighted by molar-refractivity contribution is 0.0599. The molecule has 4 aromatic carbocycles. The Kier molecular flexibility index (Phi) is 12.6. The zero-order chi connectivity index (χ0) is 32.9. The lowest BCUT2D eigenvalue weighted by Gasteiger charge is -2.10. The summed E-state index contributed by atoms with van der Waals surface area (Å²) in [5.74, 6) is -1.47. The van der Waals surface area contributed by atoms with Crippen molar-refractivity contribution in [2.75, 3.05) is 20.2 Å². The molecule has 0 aromatic heterocycles. The van der Waals surface area contributed by atoms with Crippen molar-refractivity contribution >= 4 is 23.8 Å². The van der Waals surface area contributed by atoms with Crippen molar-refractivity contribution in [1.29, 1.82) is 0 Å². The van der Waals surface area contributed by atoms with E-state index < -0.39 is 5.97 Å². The third-order valence-electron chi connectivity index (χ3n) is 7.13. The van der Waals surface area contributed by atoms with Crippen molar-refractivity contribution in [3.05, 3.63) is 118 Å². The minimum atomic E-state index is -0.948. The van der Waals surface area contributed by atoms with E-state index in [1.165, 1.54) is 7.11 Å². The van der Waals surface area contributed by atoms with E-state index in [0.717, 1.165) is 46.2 Å². The van der Waals surface area contributed by atoms with E-state index in [0.29, 0.717) is 29.8 Å². The smallest absolute Gasteiger partial charge is 0.337 e. The van der Waals surface area contributed by atoms with Crippen LogP contribution in [0.4, 0.5) is 0 Å². The minimum absolute atomic E-state index is 0.0701. The summed E-state index contributed by atoms with van der Waals surface area (Å²) in [6, 6.07) is 25.0. The van der Waals surface area contributed by atoms with E-state index in [-0.39, 0.29) is 23.3 Å². The van der Waals surface area contributed by atoms with Crippen LogP contribution in [0.15, 0.2) is 84.9 Å². The highest BCUT2D eigenvalue weighted by Crippen LogP contribution is 2.26. The Morgan fingerprint density at radius 1 is 0.600 bits per heavy atom. The second-order valence-electron chi connectivity index (χ2n) is 10.5. The molecule has 0 saturated carbocycles. The van der Waals surface area contributed by atoms with Gasteiger partial charge in [-0.25, -0.2) is 9.59 Å². The molecule has 0 bridgehead atoms. The van der Waals surface area contributed by atoms with E-state index >= 15 is 0 Å². The average molecular weight is 609 g/mol. The molecule has 4 aromatic rings. The fourth-order valence-electron chi connectivity index (χ4n) is 4.53. The summed E-state index contributed by atoms with van der Waals surface area (Å²) in [6.45, 7) is 9.30. The highest BCUT2D eigenvalue weighted by atomic mass is 16.5. The molecule has 3 N–H and O–H groups in total. The number of carboxylic acid groups (broad SMARTS) is 1. The predicted octanol–water partition coefficient (Wildman–Crippen LogP) is 7.09. The first-order valence-electron chi connectivity index (χ1n) is 14.9. The first kappa shape index (κ1) is 34.3. The molecule has 0 unspecified atom stereocenters. The standard InChI is InChI=1S/C19H21NO3.C18H19NO3/c1-4-11-20-18(21)16-6-5-13(2)17(12-16)14-7-9-15(10-8-14)19(22)23-3;1-3-10-19-17(20)15-5-4-12(2)16(11-15)13-6-8-14(9-7-13)18(21)22/h5-10,12H,4,11H2,1-3H3,(H,20,21);4-9,11H,3,10H2,1-2H3,(H,19,20)(H,21,22). The van der Waals surface area contributed by atoms with Crippen LogP contribution in [0.2, 0.25) is 0 Å². The van der Waals surface area contributed by atoms with Gasteiger partial charge in [0.1, 0.15) is 0 Å². The molecule has 0 aliphatic rings. The third kappa shape index (κ3) is 9.37. The fraction of sp³-hybridized carbons (Fsp3) is 0.243. The number of esters is 1. The summed E-state index contributed by atoms with van der Waals surface area (Å²) in [5, 5.41) is 14.7. The van der Waals surface area contributed by atoms with E-state index in [2.05, 4.69) is 10.6 Å². The summed E-state index contributed by atoms with van der Waals surface area (Å²) in [7, 11) is 1.36. The summed E-state index contributed by atoms with van der Waals surface area (Å²) in [4.78, 5) is 46.6. The van der Waals surface area contributed by atoms with Gasteiger partial charge >= 0.3 is 11.9 Å². The number of ether oxygens (including phenoxy) is 1. The molecule has 0 radical (unpaired) electrons. The maximum atomic E-state index is 12.1. The van der Waals surface area contributed by atoms with Gasteiger partial charge < -0.3 is 20.5 Å². The van der Waals surface area contributed by atoms with Crippen molar-refractivity contribution in [3.63, 3.8) is 0 Å². The minimum Gasteiger partial charge on any atom is -0.478 e. The molecule has 0 spiro atoms. The second kappa shape index (κ2) is 16.6. The SMILES string of the molecule is CCCNC(=O)c1ccc(C)c(-c2ccc(C(=O)O)cc2)c1.CCCNC(=O)c1ccc(C)c(-c2ccc(C(=O)OC)cc2)c1. The van der Waals surface area contributed by atoms with Gasteiger partial charge in [-0.15, -0.1) is 0 Å². The Bertz CT molecular complexity index is 1640. The van der Waals surface area contributed by atoms with Gasteiger partial charge in [0.25, 0.3) is 11.8 Å². The van der Waals surface area contributed by atoms with Crippen molar-refractivity contribution < 1.29 is 29.0 Å². The summed E-state index contributed by atoms with van der Waals surface area (Å²) >= 11 is 0. The van der Waals surface area contributed by atoms with Gasteiger partial charge in [0.05, 0.1) is 18.2 Å². The largest absolute Gasteiger partial charge is 0.478 e. The van der Waals surface area contributed by atoms with Gasteiger partial charge in [-0.1, -0.05) is 50.2 Å². The van der Waals surface area contributed by atoms with E-state index in [1.54, 1.807) is 42.5 Å². The quantitative estimate of drug-likeness (QED) is 0.165. The maximum absolute atomic E-state index is 12.1. The zero-order valence-electron chi connectivity index (χ0n) is 26.4. The number of hydrogen-bond donors (Lipinski definition) is 3. The first-order valence-corrected chi connectivity index (χ1v) is 14.9. The lowest BCUT2D eigenvalue weighted by Crippen LogP contribution is -2.23. The van der Waals surface area contributed by atoms with Crippen molar-refractivity contribution in [2.24, 2.45) is 0 Å². The molecule has 45 heavy (non-hydrogen) atoms. The number of carbonyl (C=O) groups is 4. The van der Waals surface area contributed by atoms with Crippen LogP contribution in [0.3, 0.4) is 0 Å². The summed E-state index contributed by atoms with van der Waals surface area (Å²) in [5.41, 5.74) is 7.87. The Balaban J connectivity index is 0.000000246. The number of methoxy groups -OCH3 is 1. The molecule has 8 heteroatoms. The van der Waals surface area contributed by atoms with E-state index in [9.17, 15) is 19.2 Å². The molecule has 0 heterocycles. The molecule has 0 aliphatic heterocycles. The molecular formula is C37H40N2O6. The van der Waals surface area contributed by atoms with Gasteiger partial charge in [0.2, 0.25) is 0 Å². The fourth-order valence-corrected chi connectivity index (χ4v) is 4.53. The number of nitrogens with one attached hydrogen (secondary N) is 2. The van der Waals surface area contributed by atoms with Crippen LogP contribution in [-0.2, 0) is 4.74 Å². The number of carbonyl (C=O) groups excluding carboxylic acids is 3. The summed E-state index contributed by atoms with van der Waals surface area (Å²) < 4.78 is 4.70. The van der Waals surface area contributed by atoms with Crippen molar-refractivity contribution in [2.45, 2.75) is 40.5 Å². The van der Waals surface area contributed by atoms with Crippen LogP contribution >= 0.6 is 0 Å². The zero-order valence-corrected chi connectivity index (χ0v) is 26.4. The Morgan fingerprint density at radius 2 is 0.978 bits per heavy atom. The molecule has 2 amide bonds. The molecule has 0 aliphatic carbocycles. The van der Waals surface area contributed by atoms with E-state index in [1.807, 2.05) is 70.2 Å². The Labute approximate surface area is 264 Å². The lowest BCUT2D eigenvalue weighted by atomic mass is 9.97. The van der Waals surface area contributed by atoms with Crippen LogP contribution in [-0.4, -0.2) is 49.1 Å². The van der Waals surface area contributed by atoms with Gasteiger partial charge in [0.15, 0.2) is 0 Å². The van der Waals surface area contributed by atoms with Crippen LogP contribution in [0.25, 0.3) is 22.3 Å². The molecular weight excluding hydrogens is 568 g/mol. The number of aryl methyl sites for hydroxylation is 2. The number of hydrogen-bond acceptors (Lipinski definition) is 5. The van der Waals surface area contributed by atoms with Crippen LogP contribution in [0.1, 0.15) is 79.2 Å². The molecule has 0 atom stereocenters. The number of aromatic carboxylic acids is 1. The van der Waals surface area contributed by atoms with E-state index in [4.69, 9.17) is 9.84 Å². The average Bonchev–Trinajstić information content (AvgIpc) is 3.06. The number of amides is 2. The topological polar surface area (TPSA) is 122 Å². The van der Waals surface area contributed by atoms with Crippen LogP contribution < -0.4 is 10.6 Å². The third-order valence-corrected chi connectivity index (χ3v) is 7.13. The van der Waals surface area contributed by atoms with Crippen LogP contribution in [0.5, 0.6) is 0 Å². The Hall–Kier alpha value is -5.24. The van der Waals surface area contributed by atoms with Gasteiger partial charge in [-0.3, -0.25) is 9.59 Å². The molecule has 234 valence electrons. The first-order chi connectivity index (χ1) is 21.6. The number of benzene rings is 4. The Morgan fingerprint density at radius 3 is 1.33 bits per heavy atom. The van der Waals surface area contributed by atoms with Gasteiger partial charge in [-0.2, -0.15) is 0 Å². The molecule has 4 rings (SSSR count). The van der Waals surface area contributed by atoms with Crippen molar-refractivity contribution in [3.8, 4) is 22.3 Å². The highest BCUT2D eigenvalue weighted by Gasteiger charge is 2.12. The molecule has 0 saturated heterocycles. The van der Waals surface area contributed by atoms with Gasteiger partial charge in [0, 0.05) is 24.2 Å². The van der Waals surface area contributed by atoms with Crippen LogP contribution in [0, 0.1) is 13.8 Å². The summed E-state index contributed by atoms with van der Waals surface area (Å²) in [6.07, 6.45) is 1.79. The highest BCUT2D eigenvalue weighted by molar-refractivity contribution is 5.97. The van der Waals surface area contributed by atoms with Gasteiger partial charge in [-0.05, 0) is 109 Å². The predicted molar refractivity (Wildman–Crippen MR) is 177 cm³/mol. The molecule has 0 fully saturated rings. The number of carboxylic acids is 1. The number of rotatable bonds is 10. The normalized spacial score (nSPS) is 10.2. The maximum Gasteiger partial charge on any atom is 0.337 e.